The van der Waals surface area contributed by atoms with E-state index in [2.05, 4.69) is 12.6 Å². The van der Waals surface area contributed by atoms with Gasteiger partial charge < -0.3 is 0 Å². The average molecular weight is 170 g/mol. The standard InChI is InChI=1S/C7H6S2.CH4/c8-7(9)6-4-2-1-3-5-6;/h1-5H,(H,8,9);1H4. The van der Waals surface area contributed by atoms with E-state index in [9.17, 15) is 0 Å². The van der Waals surface area contributed by atoms with Crippen LogP contribution in [0.3, 0.4) is 0 Å². The molecule has 1 rings (SSSR count). The molecule has 0 heterocycles. The summed E-state index contributed by atoms with van der Waals surface area (Å²) < 4.78 is 0.649. The van der Waals surface area contributed by atoms with Crippen LogP contribution in [0.5, 0.6) is 0 Å². The molecule has 2 heteroatoms. The fraction of sp³-hybridized carbons (Fsp3) is 0.125. The Kier molecular flexibility index (Phi) is 4.32. The molecule has 1 aromatic carbocycles. The smallest absolute Gasteiger partial charge is 0.0747 e. The molecule has 0 saturated carbocycles. The number of hydrogen-bond donors (Lipinski definition) is 1. The number of benzene rings is 1. The summed E-state index contributed by atoms with van der Waals surface area (Å²) in [6, 6.07) is 9.72. The van der Waals surface area contributed by atoms with Crippen LogP contribution in [-0.4, -0.2) is 4.20 Å². The number of thiol groups is 1. The highest BCUT2D eigenvalue weighted by Crippen LogP contribution is 2.02. The quantitative estimate of drug-likeness (QED) is 0.499. The van der Waals surface area contributed by atoms with Crippen molar-refractivity contribution < 1.29 is 0 Å². The molecular weight excluding hydrogens is 160 g/mol. The van der Waals surface area contributed by atoms with Crippen molar-refractivity contribution in [3.8, 4) is 0 Å². The van der Waals surface area contributed by atoms with Crippen molar-refractivity contribution in [2.45, 2.75) is 7.43 Å². The highest BCUT2D eigenvalue weighted by atomic mass is 32.1. The Balaban J connectivity index is 0.000000810. The largest absolute Gasteiger partial charge is 0.131 e. The first-order valence-electron chi connectivity index (χ1n) is 2.59. The number of rotatable bonds is 1. The molecule has 0 bridgehead atoms. The van der Waals surface area contributed by atoms with Gasteiger partial charge in [0.25, 0.3) is 0 Å². The van der Waals surface area contributed by atoms with Gasteiger partial charge in [0.2, 0.25) is 0 Å². The maximum Gasteiger partial charge on any atom is 0.0747 e. The van der Waals surface area contributed by atoms with Crippen LogP contribution in [0.4, 0.5) is 0 Å². The molecule has 0 spiro atoms. The molecule has 0 saturated heterocycles. The molecule has 0 aliphatic heterocycles. The van der Waals surface area contributed by atoms with Gasteiger partial charge in [0.1, 0.15) is 0 Å². The molecule has 0 aliphatic rings. The normalized spacial score (nSPS) is 8.10. The lowest BCUT2D eigenvalue weighted by atomic mass is 10.2. The maximum atomic E-state index is 4.83. The van der Waals surface area contributed by atoms with Crippen molar-refractivity contribution >= 4 is 29.0 Å². The van der Waals surface area contributed by atoms with E-state index in [1.54, 1.807) is 0 Å². The van der Waals surface area contributed by atoms with Crippen molar-refractivity contribution in [1.82, 2.24) is 0 Å². The van der Waals surface area contributed by atoms with Gasteiger partial charge in [0.05, 0.1) is 4.20 Å². The van der Waals surface area contributed by atoms with E-state index in [-0.39, 0.29) is 7.43 Å². The molecule has 0 N–H and O–H groups in total. The van der Waals surface area contributed by atoms with E-state index >= 15 is 0 Å². The van der Waals surface area contributed by atoms with E-state index in [0.29, 0.717) is 4.20 Å². The molecule has 0 aromatic heterocycles. The molecule has 0 atom stereocenters. The zero-order valence-corrected chi connectivity index (χ0v) is 6.45. The third-order valence-corrected chi connectivity index (χ3v) is 1.51. The minimum atomic E-state index is 0. The van der Waals surface area contributed by atoms with Gasteiger partial charge >= 0.3 is 0 Å². The molecule has 10 heavy (non-hydrogen) atoms. The van der Waals surface area contributed by atoms with Crippen LogP contribution in [0.1, 0.15) is 13.0 Å². The molecule has 1 aromatic rings. The van der Waals surface area contributed by atoms with Gasteiger partial charge in [-0.15, -0.1) is 12.6 Å². The molecule has 54 valence electrons. The van der Waals surface area contributed by atoms with Gasteiger partial charge in [-0.3, -0.25) is 0 Å². The molecule has 0 fully saturated rings. The zero-order valence-electron chi connectivity index (χ0n) is 4.74. The molecular formula is C8H10S2. The highest BCUT2D eigenvalue weighted by Gasteiger charge is 1.89. The summed E-state index contributed by atoms with van der Waals surface area (Å²) >= 11 is 8.85. The summed E-state index contributed by atoms with van der Waals surface area (Å²) in [4.78, 5) is 0. The Morgan fingerprint density at radius 1 is 1.20 bits per heavy atom. The summed E-state index contributed by atoms with van der Waals surface area (Å²) in [6.45, 7) is 0. The van der Waals surface area contributed by atoms with Gasteiger partial charge in [-0.2, -0.15) is 0 Å². The number of thiocarbonyl (C=S) groups is 1. The molecule has 0 aliphatic carbocycles. The first kappa shape index (κ1) is 9.66. The number of hydrogen-bond acceptors (Lipinski definition) is 1. The van der Waals surface area contributed by atoms with Crippen LogP contribution in [-0.2, 0) is 0 Å². The minimum absolute atomic E-state index is 0. The Morgan fingerprint density at radius 2 is 1.70 bits per heavy atom. The Hall–Kier alpha value is -0.340. The third-order valence-electron chi connectivity index (χ3n) is 1.02. The first-order chi connectivity index (χ1) is 4.30. The maximum absolute atomic E-state index is 4.83. The lowest BCUT2D eigenvalue weighted by molar-refractivity contribution is 1.69. The van der Waals surface area contributed by atoms with E-state index in [1.807, 2.05) is 30.3 Å². The summed E-state index contributed by atoms with van der Waals surface area (Å²) in [7, 11) is 0. The lowest BCUT2D eigenvalue weighted by Gasteiger charge is -1.91. The fourth-order valence-electron chi connectivity index (χ4n) is 0.581. The predicted molar refractivity (Wildman–Crippen MR) is 53.9 cm³/mol. The van der Waals surface area contributed by atoms with Gasteiger partial charge in [0.15, 0.2) is 0 Å². The van der Waals surface area contributed by atoms with Crippen molar-refractivity contribution in [1.29, 1.82) is 0 Å². The molecule has 0 unspecified atom stereocenters. The molecule has 0 amide bonds. The van der Waals surface area contributed by atoms with Crippen molar-refractivity contribution in [2.24, 2.45) is 0 Å². The van der Waals surface area contributed by atoms with Gasteiger partial charge in [0, 0.05) is 0 Å². The Bertz CT molecular complexity index is 204. The minimum Gasteiger partial charge on any atom is -0.131 e. The second-order valence-electron chi connectivity index (χ2n) is 1.67. The second kappa shape index (κ2) is 4.47. The summed E-state index contributed by atoms with van der Waals surface area (Å²) in [5.41, 5.74) is 1.01. The average Bonchev–Trinajstić information content (AvgIpc) is 1.90. The molecule has 0 nitrogen and oxygen atoms in total. The van der Waals surface area contributed by atoms with Crippen LogP contribution in [0.15, 0.2) is 30.3 Å². The van der Waals surface area contributed by atoms with E-state index in [1.165, 1.54) is 0 Å². The van der Waals surface area contributed by atoms with E-state index in [4.69, 9.17) is 12.2 Å². The van der Waals surface area contributed by atoms with E-state index in [0.717, 1.165) is 5.56 Å². The van der Waals surface area contributed by atoms with Crippen LogP contribution in [0.25, 0.3) is 0 Å². The SMILES string of the molecule is C.S=C(S)c1ccccc1. The summed E-state index contributed by atoms with van der Waals surface area (Å²) in [5.74, 6) is 0. The third kappa shape index (κ3) is 2.50. The Morgan fingerprint density at radius 3 is 2.00 bits per heavy atom. The van der Waals surface area contributed by atoms with Crippen LogP contribution in [0, 0.1) is 0 Å². The monoisotopic (exact) mass is 170 g/mol. The first-order valence-corrected chi connectivity index (χ1v) is 3.44. The van der Waals surface area contributed by atoms with Crippen LogP contribution in [0.2, 0.25) is 0 Å². The second-order valence-corrected chi connectivity index (χ2v) is 2.83. The fourth-order valence-corrected chi connectivity index (χ4v) is 0.866. The van der Waals surface area contributed by atoms with Gasteiger partial charge in [-0.1, -0.05) is 50.0 Å². The predicted octanol–water partition coefficient (Wildman–Crippen LogP) is 2.93. The van der Waals surface area contributed by atoms with Crippen LogP contribution >= 0.6 is 24.8 Å². The van der Waals surface area contributed by atoms with Gasteiger partial charge in [-0.25, -0.2) is 0 Å². The van der Waals surface area contributed by atoms with Crippen LogP contribution < -0.4 is 0 Å². The topological polar surface area (TPSA) is 0 Å². The van der Waals surface area contributed by atoms with E-state index < -0.39 is 0 Å². The Labute approximate surface area is 72.7 Å². The van der Waals surface area contributed by atoms with Gasteiger partial charge in [-0.05, 0) is 5.56 Å². The summed E-state index contributed by atoms with van der Waals surface area (Å²) in [5, 5.41) is 0. The molecule has 0 radical (unpaired) electrons. The van der Waals surface area contributed by atoms with Crippen molar-refractivity contribution in [2.75, 3.05) is 0 Å². The van der Waals surface area contributed by atoms with Crippen molar-refractivity contribution in [3.63, 3.8) is 0 Å². The summed E-state index contributed by atoms with van der Waals surface area (Å²) in [6.07, 6.45) is 0. The highest BCUT2D eigenvalue weighted by molar-refractivity contribution is 8.11. The zero-order chi connectivity index (χ0) is 6.69. The van der Waals surface area contributed by atoms with Crippen molar-refractivity contribution in [3.05, 3.63) is 35.9 Å². The lowest BCUT2D eigenvalue weighted by Crippen LogP contribution is -1.83.